The number of hydrogen-bond donors (Lipinski definition) is 0. The maximum Gasteiger partial charge on any atom is 2.00 e. The molecule has 0 bridgehead atoms. The van der Waals surface area contributed by atoms with E-state index in [1.54, 1.807) is 0 Å². The van der Waals surface area contributed by atoms with Crippen LogP contribution in [0.3, 0.4) is 0 Å². The zero-order chi connectivity index (χ0) is 7.15. The third kappa shape index (κ3) is 14200. The average Bonchev–Trinajstić information content (AvgIpc) is 1.25. The van der Waals surface area contributed by atoms with E-state index in [2.05, 4.69) is 27.0 Å². The molecule has 10 heavy (non-hydrogen) atoms. The van der Waals surface area contributed by atoms with Gasteiger partial charge >= 0.3 is 20.4 Å². The zero-order valence-electron chi connectivity index (χ0n) is 6.55. The molecule has 0 saturated heterocycles. The molecule has 0 aliphatic heterocycles. The van der Waals surface area contributed by atoms with Gasteiger partial charge in [0.2, 0.25) is 0 Å². The molecule has 2 heteroatoms. The first-order valence-electron chi connectivity index (χ1n) is 2.41. The van der Waals surface area contributed by atoms with Crippen molar-refractivity contribution in [1.29, 1.82) is 0 Å². The molecule has 0 aliphatic rings. The summed E-state index contributed by atoms with van der Waals surface area (Å²) in [5, 5.41) is 0. The molecule has 0 amide bonds. The van der Waals surface area contributed by atoms with E-state index in [0.29, 0.717) is 0 Å². The largest absolute Gasteiger partial charge is 2.00 e. The summed E-state index contributed by atoms with van der Waals surface area (Å²) in [6, 6.07) is 0. The van der Waals surface area contributed by atoms with Crippen LogP contribution in [0.15, 0.2) is 24.3 Å². The smallest absolute Gasteiger partial charge is 0.242 e. The molecule has 0 saturated carbocycles. The molecule has 0 aromatic rings. The molecular weight excluding hydrogens is 238 g/mol. The molecule has 0 fully saturated rings. The number of halogens is 1. The molecule has 64 valence electrons. The van der Waals surface area contributed by atoms with Gasteiger partial charge in [0.25, 0.3) is 0 Å². The van der Waals surface area contributed by atoms with E-state index in [9.17, 15) is 0 Å². The van der Waals surface area contributed by atoms with Crippen LogP contribution in [0, 0.1) is 13.8 Å². The second-order valence-corrected chi connectivity index (χ2v) is 1.91. The predicted octanol–water partition coefficient (Wildman–Crippen LogP) is 3.21. The molecule has 0 spiro atoms. The van der Waals surface area contributed by atoms with Crippen molar-refractivity contribution in [3.05, 3.63) is 38.2 Å². The first kappa shape index (κ1) is 22.5. The van der Waals surface area contributed by atoms with Crippen molar-refractivity contribution < 1.29 is 20.4 Å². The van der Waals surface area contributed by atoms with Gasteiger partial charge in [-0.1, -0.05) is 13.8 Å². The van der Waals surface area contributed by atoms with Crippen molar-refractivity contribution in [3.8, 4) is 0 Å². The van der Waals surface area contributed by atoms with Crippen molar-refractivity contribution in [2.45, 2.75) is 13.8 Å². The molecule has 0 heterocycles. The van der Waals surface area contributed by atoms with E-state index >= 15 is 0 Å². The molecular formula is C8H15ClPd. The van der Waals surface area contributed by atoms with E-state index in [1.165, 1.54) is 0 Å². The molecule has 0 nitrogen and oxygen atoms in total. The fraction of sp³-hybridized carbons (Fsp3) is 0.250. The van der Waals surface area contributed by atoms with E-state index < -0.39 is 0 Å². The Morgan fingerprint density at radius 2 is 1.00 bits per heavy atom. The molecule has 0 N–H and O–H groups in total. The molecule has 0 radical (unpaired) electrons. The molecule has 0 aromatic carbocycles. The minimum Gasteiger partial charge on any atom is -0.242 e. The Morgan fingerprint density at radius 1 is 1.00 bits per heavy atom. The summed E-state index contributed by atoms with van der Waals surface area (Å²) >= 11 is 0. The SMILES string of the molecule is C=C([CH2-])C.C=C([CH2-])C.Cl.[Pd+2]. The van der Waals surface area contributed by atoms with Gasteiger partial charge in [-0.15, -0.1) is 12.4 Å². The number of rotatable bonds is 0. The molecule has 0 aliphatic carbocycles. The maximum absolute atomic E-state index is 3.44. The second-order valence-electron chi connectivity index (χ2n) is 1.91. The van der Waals surface area contributed by atoms with Crippen LogP contribution >= 0.6 is 12.4 Å². The quantitative estimate of drug-likeness (QED) is 0.459. The molecule has 0 rings (SSSR count). The van der Waals surface area contributed by atoms with Crippen molar-refractivity contribution >= 4 is 12.4 Å². The van der Waals surface area contributed by atoms with Crippen LogP contribution in [0.25, 0.3) is 0 Å². The fourth-order valence-electron chi connectivity index (χ4n) is 0. The van der Waals surface area contributed by atoms with Gasteiger partial charge in [-0.2, -0.15) is 0 Å². The molecule has 0 unspecified atom stereocenters. The van der Waals surface area contributed by atoms with E-state index in [-0.39, 0.29) is 32.8 Å². The minimum absolute atomic E-state index is 0. The molecule has 0 atom stereocenters. The number of allylic oxidation sites excluding steroid dienone is 2. The van der Waals surface area contributed by atoms with Gasteiger partial charge in [0.05, 0.1) is 0 Å². The Labute approximate surface area is 84.9 Å². The first-order valence-corrected chi connectivity index (χ1v) is 2.41. The minimum atomic E-state index is 0. The fourth-order valence-corrected chi connectivity index (χ4v) is 0. The second kappa shape index (κ2) is 16.1. The van der Waals surface area contributed by atoms with E-state index in [0.717, 1.165) is 11.1 Å². The van der Waals surface area contributed by atoms with Crippen LogP contribution in [-0.2, 0) is 20.4 Å². The standard InChI is InChI=1S/2C4H7.ClH.Pd/c2*1-4(2)3;;/h2*1-2H2,3H3;1H;/q2*-1;;+2. The normalized spacial score (nSPS) is 5.00. The number of hydrogen-bond acceptors (Lipinski definition) is 0. The van der Waals surface area contributed by atoms with Crippen molar-refractivity contribution in [3.63, 3.8) is 0 Å². The van der Waals surface area contributed by atoms with Crippen LogP contribution in [0.2, 0.25) is 0 Å². The van der Waals surface area contributed by atoms with Gasteiger partial charge in [0.1, 0.15) is 0 Å². The summed E-state index contributed by atoms with van der Waals surface area (Å²) in [7, 11) is 0. The topological polar surface area (TPSA) is 0 Å². The van der Waals surface area contributed by atoms with Gasteiger partial charge < -0.3 is 0 Å². The van der Waals surface area contributed by atoms with Gasteiger partial charge in [-0.3, -0.25) is 0 Å². The Bertz CT molecular complexity index is 67.3. The third-order valence-electron chi connectivity index (χ3n) is 0. The Hall–Kier alpha value is 0.172. The predicted molar refractivity (Wildman–Crippen MR) is 47.6 cm³/mol. The summed E-state index contributed by atoms with van der Waals surface area (Å²) in [6.07, 6.45) is 0. The van der Waals surface area contributed by atoms with E-state index in [1.807, 2.05) is 13.8 Å². The summed E-state index contributed by atoms with van der Waals surface area (Å²) < 4.78 is 0. The first-order chi connectivity index (χ1) is 3.46. The summed E-state index contributed by atoms with van der Waals surface area (Å²) in [6.45, 7) is 17.5. The third-order valence-corrected chi connectivity index (χ3v) is 0. The molecule has 0 aromatic heterocycles. The summed E-state index contributed by atoms with van der Waals surface area (Å²) in [5.41, 5.74) is 1.83. The Balaban J connectivity index is -0.0000000300. The van der Waals surface area contributed by atoms with Crippen LogP contribution in [-0.4, -0.2) is 0 Å². The van der Waals surface area contributed by atoms with Crippen molar-refractivity contribution in [2.24, 2.45) is 0 Å². The van der Waals surface area contributed by atoms with Crippen LogP contribution in [0.1, 0.15) is 13.8 Å². The Morgan fingerprint density at radius 3 is 1.00 bits per heavy atom. The van der Waals surface area contributed by atoms with Gasteiger partial charge in [-0.05, 0) is 0 Å². The zero-order valence-corrected chi connectivity index (χ0v) is 8.92. The monoisotopic (exact) mass is 252 g/mol. The van der Waals surface area contributed by atoms with Crippen LogP contribution < -0.4 is 0 Å². The van der Waals surface area contributed by atoms with Crippen molar-refractivity contribution in [1.82, 2.24) is 0 Å². The van der Waals surface area contributed by atoms with Crippen LogP contribution in [0.5, 0.6) is 0 Å². The van der Waals surface area contributed by atoms with E-state index in [4.69, 9.17) is 0 Å². The average molecular weight is 253 g/mol. The maximum atomic E-state index is 3.44. The summed E-state index contributed by atoms with van der Waals surface area (Å²) in [4.78, 5) is 0. The van der Waals surface area contributed by atoms with Crippen LogP contribution in [0.4, 0.5) is 0 Å². The van der Waals surface area contributed by atoms with Gasteiger partial charge in [0, 0.05) is 0 Å². The summed E-state index contributed by atoms with van der Waals surface area (Å²) in [5.74, 6) is 0. The van der Waals surface area contributed by atoms with Crippen molar-refractivity contribution in [2.75, 3.05) is 0 Å². The Kier molecular flexibility index (Phi) is 36.1. The van der Waals surface area contributed by atoms with Gasteiger partial charge in [-0.25, -0.2) is 38.2 Å². The van der Waals surface area contributed by atoms with Gasteiger partial charge in [0.15, 0.2) is 0 Å².